The second-order valence-electron chi connectivity index (χ2n) is 7.39. The van der Waals surface area contributed by atoms with Gasteiger partial charge in [0, 0.05) is 12.6 Å². The van der Waals surface area contributed by atoms with Crippen LogP contribution in [0.1, 0.15) is 38.0 Å². The zero-order chi connectivity index (χ0) is 22.1. The van der Waals surface area contributed by atoms with Crippen molar-refractivity contribution in [2.75, 3.05) is 19.8 Å². The largest absolute Gasteiger partial charge is 0.504 e. The number of rotatable bonds is 12. The fourth-order valence-corrected chi connectivity index (χ4v) is 3.69. The topological polar surface area (TPSA) is 108 Å². The van der Waals surface area contributed by atoms with Crippen molar-refractivity contribution in [2.45, 2.75) is 45.0 Å². The molecule has 0 heterocycles. The molecule has 2 aromatic rings. The Labute approximate surface area is 178 Å². The van der Waals surface area contributed by atoms with Gasteiger partial charge in [-0.25, -0.2) is 0 Å². The van der Waals surface area contributed by atoms with Gasteiger partial charge in [0.2, 0.25) is 0 Å². The fourth-order valence-electron chi connectivity index (χ4n) is 2.90. The summed E-state index contributed by atoms with van der Waals surface area (Å²) in [6.45, 7) is 6.82. The van der Waals surface area contributed by atoms with E-state index in [-0.39, 0.29) is 23.2 Å². The first kappa shape index (κ1) is 24.2. The molecule has 0 fully saturated rings. The molecular weight excluding hydrogens is 405 g/mol. The van der Waals surface area contributed by atoms with Gasteiger partial charge < -0.3 is 29.9 Å². The molecule has 4 unspecified atom stereocenters. The number of aliphatic hydroxyl groups excluding tert-OH is 1. The summed E-state index contributed by atoms with van der Waals surface area (Å²) in [5, 5.41) is 32.4. The first-order valence-electron chi connectivity index (χ1n) is 10.1. The summed E-state index contributed by atoms with van der Waals surface area (Å²) in [7, 11) is -2.08. The Morgan fingerprint density at radius 3 is 2.40 bits per heavy atom. The highest BCUT2D eigenvalue weighted by atomic mass is 31.1. The summed E-state index contributed by atoms with van der Waals surface area (Å²) < 4.78 is 22.7. The van der Waals surface area contributed by atoms with E-state index in [1.54, 1.807) is 6.07 Å². The molecule has 2 aromatic carbocycles. The number of nitrogens with one attached hydrogen (secondary N) is 1. The van der Waals surface area contributed by atoms with Crippen LogP contribution in [0.15, 0.2) is 42.5 Å². The van der Waals surface area contributed by atoms with E-state index >= 15 is 0 Å². The molecule has 0 aliphatic heterocycles. The minimum Gasteiger partial charge on any atom is -0.504 e. The molecule has 166 valence electrons. The maximum Gasteiger partial charge on any atom is 0.197 e. The lowest BCUT2D eigenvalue weighted by molar-refractivity contribution is 0.170. The Morgan fingerprint density at radius 1 is 1.07 bits per heavy atom. The van der Waals surface area contributed by atoms with Crippen LogP contribution in [0.5, 0.6) is 17.2 Å². The molecule has 0 aromatic heterocycles. The van der Waals surface area contributed by atoms with E-state index in [0.29, 0.717) is 25.3 Å². The Kier molecular flexibility index (Phi) is 9.66. The van der Waals surface area contributed by atoms with Crippen molar-refractivity contribution in [2.24, 2.45) is 0 Å². The lowest BCUT2D eigenvalue weighted by Gasteiger charge is -2.18. The van der Waals surface area contributed by atoms with Crippen LogP contribution < -0.4 is 10.1 Å². The molecule has 7 nitrogen and oxygen atoms in total. The zero-order valence-electron chi connectivity index (χ0n) is 17.7. The Hall–Kier alpha value is -2.05. The van der Waals surface area contributed by atoms with Gasteiger partial charge in [-0.15, -0.1) is 0 Å². The summed E-state index contributed by atoms with van der Waals surface area (Å²) in [5.74, 6) is 0.263. The van der Waals surface area contributed by atoms with Crippen LogP contribution in [0.3, 0.4) is 0 Å². The van der Waals surface area contributed by atoms with Gasteiger partial charge in [0.15, 0.2) is 19.5 Å². The number of hydrogen-bond donors (Lipinski definition) is 4. The summed E-state index contributed by atoms with van der Waals surface area (Å²) in [6, 6.07) is 12.2. The molecule has 30 heavy (non-hydrogen) atoms. The van der Waals surface area contributed by atoms with Crippen molar-refractivity contribution in [3.63, 3.8) is 0 Å². The van der Waals surface area contributed by atoms with Crippen molar-refractivity contribution in [3.05, 3.63) is 53.6 Å². The van der Waals surface area contributed by atoms with Gasteiger partial charge in [-0.1, -0.05) is 25.1 Å². The van der Waals surface area contributed by atoms with E-state index in [4.69, 9.17) is 9.26 Å². The van der Waals surface area contributed by atoms with Gasteiger partial charge >= 0.3 is 0 Å². The van der Waals surface area contributed by atoms with Gasteiger partial charge in [0.1, 0.15) is 5.75 Å². The van der Waals surface area contributed by atoms with Crippen LogP contribution >= 0.6 is 8.03 Å². The van der Waals surface area contributed by atoms with Gasteiger partial charge in [-0.2, -0.15) is 0 Å². The third kappa shape index (κ3) is 7.65. The van der Waals surface area contributed by atoms with Gasteiger partial charge in [0.05, 0.1) is 25.0 Å². The van der Waals surface area contributed by atoms with E-state index in [9.17, 15) is 19.9 Å². The van der Waals surface area contributed by atoms with Crippen molar-refractivity contribution < 1.29 is 29.1 Å². The Bertz CT molecular complexity index is 814. The number of hydrogen-bond acceptors (Lipinski definition) is 7. The molecule has 0 saturated heterocycles. The van der Waals surface area contributed by atoms with Gasteiger partial charge in [0.25, 0.3) is 0 Å². The smallest absolute Gasteiger partial charge is 0.197 e. The molecular formula is C22H32NO6P. The molecule has 0 saturated carbocycles. The standard InChI is InChI=1S/C22H32NO6P/c1-4-29-30(27)16(3)14-28-19-8-5-17(6-9-19)11-15(2)23-13-22(26)18-7-10-20(24)21(25)12-18/h5-10,12,15-16,22-26,30H,4,11,13-14H2,1-3H3. The highest BCUT2D eigenvalue weighted by molar-refractivity contribution is 7.40. The molecule has 0 aliphatic carbocycles. The summed E-state index contributed by atoms with van der Waals surface area (Å²) in [6.07, 6.45) is -0.0247. The average Bonchev–Trinajstić information content (AvgIpc) is 2.73. The maximum absolute atomic E-state index is 11.8. The van der Waals surface area contributed by atoms with Crippen molar-refractivity contribution in [3.8, 4) is 17.2 Å². The maximum atomic E-state index is 11.8. The molecule has 2 rings (SSSR count). The van der Waals surface area contributed by atoms with E-state index in [0.717, 1.165) is 17.7 Å². The van der Waals surface area contributed by atoms with Crippen LogP contribution in [-0.2, 0) is 15.5 Å². The summed E-state index contributed by atoms with van der Waals surface area (Å²) >= 11 is 0. The Balaban J connectivity index is 1.77. The lowest BCUT2D eigenvalue weighted by Crippen LogP contribution is -2.32. The van der Waals surface area contributed by atoms with Crippen LogP contribution in [0, 0.1) is 0 Å². The SMILES string of the molecule is CCO[PH](=O)C(C)COc1ccc(CC(C)NCC(O)c2ccc(O)c(O)c2)cc1. The Morgan fingerprint density at radius 2 is 1.77 bits per heavy atom. The van der Waals surface area contributed by atoms with E-state index in [1.165, 1.54) is 12.1 Å². The first-order valence-corrected chi connectivity index (χ1v) is 11.5. The van der Waals surface area contributed by atoms with Gasteiger partial charge in [-0.3, -0.25) is 4.57 Å². The second-order valence-corrected chi connectivity index (χ2v) is 9.30. The monoisotopic (exact) mass is 437 g/mol. The lowest BCUT2D eigenvalue weighted by atomic mass is 10.1. The van der Waals surface area contributed by atoms with Gasteiger partial charge in [-0.05, 0) is 55.7 Å². The third-order valence-electron chi connectivity index (χ3n) is 4.70. The first-order chi connectivity index (χ1) is 14.3. The molecule has 4 N–H and O–H groups in total. The second kappa shape index (κ2) is 12.0. The molecule has 0 spiro atoms. The number of ether oxygens (including phenoxy) is 1. The van der Waals surface area contributed by atoms with E-state index in [2.05, 4.69) is 5.32 Å². The molecule has 0 bridgehead atoms. The molecule has 0 radical (unpaired) electrons. The number of phenolic OH excluding ortho intramolecular Hbond substituents is 2. The molecule has 0 amide bonds. The van der Waals surface area contributed by atoms with Crippen molar-refractivity contribution >= 4 is 8.03 Å². The van der Waals surface area contributed by atoms with Crippen LogP contribution in [0.4, 0.5) is 0 Å². The molecule has 0 aliphatic rings. The normalized spacial score (nSPS) is 15.3. The third-order valence-corrected chi connectivity index (χ3v) is 6.24. The average molecular weight is 437 g/mol. The zero-order valence-corrected chi connectivity index (χ0v) is 18.7. The van der Waals surface area contributed by atoms with E-state index < -0.39 is 14.1 Å². The van der Waals surface area contributed by atoms with Crippen LogP contribution in [0.25, 0.3) is 0 Å². The highest BCUT2D eigenvalue weighted by Crippen LogP contribution is 2.29. The highest BCUT2D eigenvalue weighted by Gasteiger charge is 2.13. The number of aromatic hydroxyl groups is 2. The quantitative estimate of drug-likeness (QED) is 0.297. The summed E-state index contributed by atoms with van der Waals surface area (Å²) in [5.41, 5.74) is 1.52. The fraction of sp³-hybridized carbons (Fsp3) is 0.455. The number of phenols is 2. The van der Waals surface area contributed by atoms with Crippen LogP contribution in [-0.4, -0.2) is 46.8 Å². The minimum atomic E-state index is -2.08. The van der Waals surface area contributed by atoms with Crippen LogP contribution in [0.2, 0.25) is 0 Å². The van der Waals surface area contributed by atoms with Crippen molar-refractivity contribution in [1.82, 2.24) is 5.32 Å². The van der Waals surface area contributed by atoms with Crippen molar-refractivity contribution in [1.29, 1.82) is 0 Å². The number of benzene rings is 2. The minimum absolute atomic E-state index is 0.119. The molecule has 8 heteroatoms. The molecule has 4 atom stereocenters. The predicted octanol–water partition coefficient (Wildman–Crippen LogP) is 3.63. The number of aliphatic hydroxyl groups is 1. The predicted molar refractivity (Wildman–Crippen MR) is 118 cm³/mol. The summed E-state index contributed by atoms with van der Waals surface area (Å²) in [4.78, 5) is 0. The van der Waals surface area contributed by atoms with E-state index in [1.807, 2.05) is 45.0 Å².